The summed E-state index contributed by atoms with van der Waals surface area (Å²) in [5.41, 5.74) is 1.01. The summed E-state index contributed by atoms with van der Waals surface area (Å²) in [7, 11) is -1.34. The molecule has 0 aliphatic carbocycles. The molecule has 2 N–H and O–H groups in total. The normalized spacial score (nSPS) is 12.5. The van der Waals surface area contributed by atoms with Crippen molar-refractivity contribution in [1.29, 1.82) is 0 Å². The maximum absolute atomic E-state index is 12.4. The van der Waals surface area contributed by atoms with E-state index < -0.39 is 34.8 Å². The first-order valence-corrected chi connectivity index (χ1v) is 10.0. The first-order chi connectivity index (χ1) is 13.4. The highest BCUT2D eigenvalue weighted by molar-refractivity contribution is 7.85. The minimum Gasteiger partial charge on any atom is -0.449 e. The van der Waals surface area contributed by atoms with Crippen LogP contribution in [0.1, 0.15) is 29.8 Å². The molecule has 2 aromatic carbocycles. The van der Waals surface area contributed by atoms with Gasteiger partial charge in [0.05, 0.1) is 21.3 Å². The van der Waals surface area contributed by atoms with E-state index in [1.54, 1.807) is 25.1 Å². The first-order valence-electron chi connectivity index (χ1n) is 8.73. The topological polar surface area (TPSA) is 102 Å². The average Bonchev–Trinajstić information content (AvgIpc) is 2.72. The average molecular weight is 402 g/mol. The van der Waals surface area contributed by atoms with E-state index in [-0.39, 0.29) is 12.1 Å². The van der Waals surface area contributed by atoms with Crippen LogP contribution in [-0.4, -0.2) is 34.0 Å². The molecule has 0 bridgehead atoms. The van der Waals surface area contributed by atoms with E-state index in [1.165, 1.54) is 13.0 Å². The monoisotopic (exact) mass is 402 g/mol. The van der Waals surface area contributed by atoms with Crippen LogP contribution in [0.25, 0.3) is 0 Å². The van der Waals surface area contributed by atoms with Gasteiger partial charge in [0.2, 0.25) is 0 Å². The number of hydrogen-bond acceptors (Lipinski definition) is 5. The van der Waals surface area contributed by atoms with Crippen LogP contribution in [0.15, 0.2) is 59.5 Å². The second-order valence-corrected chi connectivity index (χ2v) is 7.54. The third kappa shape index (κ3) is 6.02. The molecule has 0 aromatic heterocycles. The zero-order valence-corrected chi connectivity index (χ0v) is 16.5. The van der Waals surface area contributed by atoms with E-state index in [4.69, 9.17) is 4.74 Å². The highest BCUT2D eigenvalue weighted by atomic mass is 32.2. The van der Waals surface area contributed by atoms with Gasteiger partial charge in [-0.1, -0.05) is 49.4 Å². The Morgan fingerprint density at radius 3 is 2.36 bits per heavy atom. The van der Waals surface area contributed by atoms with Gasteiger partial charge in [0.1, 0.15) is 0 Å². The lowest BCUT2D eigenvalue weighted by Gasteiger charge is -2.14. The fraction of sp³-hybridized carbons (Fsp3) is 0.250. The summed E-state index contributed by atoms with van der Waals surface area (Å²) < 4.78 is 17.2. The van der Waals surface area contributed by atoms with Crippen molar-refractivity contribution in [3.8, 4) is 0 Å². The highest BCUT2D eigenvalue weighted by Crippen LogP contribution is 2.16. The third-order valence-electron chi connectivity index (χ3n) is 3.80. The summed E-state index contributed by atoms with van der Waals surface area (Å²) in [6, 6.07) is 14.9. The third-order valence-corrected chi connectivity index (χ3v) is 5.17. The number of esters is 1. The molecule has 148 valence electrons. The van der Waals surface area contributed by atoms with Crippen LogP contribution >= 0.6 is 0 Å². The van der Waals surface area contributed by atoms with E-state index in [1.807, 2.05) is 30.3 Å². The summed E-state index contributed by atoms with van der Waals surface area (Å²) in [6.45, 7) is 3.35. The molecule has 0 spiro atoms. The molecule has 0 radical (unpaired) electrons. The molecule has 8 heteroatoms. The maximum atomic E-state index is 12.4. The highest BCUT2D eigenvalue weighted by Gasteiger charge is 2.23. The Balaban J connectivity index is 1.90. The number of amides is 3. The summed E-state index contributed by atoms with van der Waals surface area (Å²) in [6.07, 6.45) is -1.20. The van der Waals surface area contributed by atoms with Crippen LogP contribution < -0.4 is 10.6 Å². The van der Waals surface area contributed by atoms with Gasteiger partial charge in [-0.2, -0.15) is 0 Å². The number of hydrogen-bond donors (Lipinski definition) is 2. The van der Waals surface area contributed by atoms with Crippen LogP contribution in [0, 0.1) is 0 Å². The van der Waals surface area contributed by atoms with Gasteiger partial charge >= 0.3 is 12.0 Å². The number of benzene rings is 2. The van der Waals surface area contributed by atoms with Crippen molar-refractivity contribution in [3.63, 3.8) is 0 Å². The molecule has 0 heterocycles. The molecule has 2 atom stereocenters. The smallest absolute Gasteiger partial charge is 0.340 e. The van der Waals surface area contributed by atoms with Gasteiger partial charge in [0, 0.05) is 12.3 Å². The van der Waals surface area contributed by atoms with Crippen LogP contribution in [0.3, 0.4) is 0 Å². The zero-order chi connectivity index (χ0) is 20.5. The van der Waals surface area contributed by atoms with Gasteiger partial charge in [-0.3, -0.25) is 14.3 Å². The fourth-order valence-corrected chi connectivity index (χ4v) is 3.24. The summed E-state index contributed by atoms with van der Waals surface area (Å²) >= 11 is 0. The molecule has 0 saturated heterocycles. The summed E-state index contributed by atoms with van der Waals surface area (Å²) in [4.78, 5) is 36.7. The largest absolute Gasteiger partial charge is 0.449 e. The number of ether oxygens (including phenoxy) is 1. The molecule has 0 aliphatic rings. The summed E-state index contributed by atoms with van der Waals surface area (Å²) in [5, 5.41) is 4.68. The van der Waals surface area contributed by atoms with Crippen molar-refractivity contribution >= 4 is 28.7 Å². The number of imide groups is 1. The minimum atomic E-state index is -1.34. The molecular weight excluding hydrogens is 380 g/mol. The van der Waals surface area contributed by atoms with E-state index in [2.05, 4.69) is 10.6 Å². The predicted molar refractivity (Wildman–Crippen MR) is 105 cm³/mol. The quantitative estimate of drug-likeness (QED) is 0.693. The molecule has 7 nitrogen and oxygen atoms in total. The molecule has 28 heavy (non-hydrogen) atoms. The Hall–Kier alpha value is -3.00. The molecule has 2 rings (SSSR count). The van der Waals surface area contributed by atoms with Crippen LogP contribution in [-0.2, 0) is 26.9 Å². The van der Waals surface area contributed by atoms with Gasteiger partial charge in [0.25, 0.3) is 5.91 Å². The number of urea groups is 1. The number of rotatable bonds is 7. The van der Waals surface area contributed by atoms with Gasteiger partial charge in [0.15, 0.2) is 6.10 Å². The van der Waals surface area contributed by atoms with Gasteiger partial charge in [-0.05, 0) is 24.6 Å². The van der Waals surface area contributed by atoms with Crippen LogP contribution in [0.2, 0.25) is 0 Å². The molecule has 0 aliphatic heterocycles. The lowest BCUT2D eigenvalue weighted by Crippen LogP contribution is -2.44. The van der Waals surface area contributed by atoms with Crippen molar-refractivity contribution in [1.82, 2.24) is 10.6 Å². The van der Waals surface area contributed by atoms with Crippen LogP contribution in [0.4, 0.5) is 4.79 Å². The van der Waals surface area contributed by atoms with Gasteiger partial charge in [-0.15, -0.1) is 0 Å². The number of carbonyl (C=O) groups excluding carboxylic acids is 3. The Bertz CT molecular complexity index is 870. The number of carbonyl (C=O) groups is 3. The van der Waals surface area contributed by atoms with Crippen molar-refractivity contribution in [2.75, 3.05) is 5.75 Å². The van der Waals surface area contributed by atoms with E-state index in [0.29, 0.717) is 10.6 Å². The first kappa shape index (κ1) is 21.3. The molecule has 2 aromatic rings. The van der Waals surface area contributed by atoms with Crippen molar-refractivity contribution < 1.29 is 23.3 Å². The standard InChI is InChI=1S/C20H22N2O5S/c1-3-28(26)17-12-8-7-11-16(17)19(24)27-14(2)18(23)22-20(25)21-13-15-9-5-4-6-10-15/h4-12,14H,3,13H2,1-2H3,(H2,21,22,23,25)/t14-,28+/m0/s1. The van der Waals surface area contributed by atoms with Crippen LogP contribution in [0.5, 0.6) is 0 Å². The molecule has 0 saturated carbocycles. The Labute approximate surface area is 165 Å². The lowest BCUT2D eigenvalue weighted by molar-refractivity contribution is -0.127. The van der Waals surface area contributed by atoms with E-state index in [0.717, 1.165) is 5.56 Å². The minimum absolute atomic E-state index is 0.135. The molecular formula is C20H22N2O5S. The van der Waals surface area contributed by atoms with Gasteiger partial charge in [-0.25, -0.2) is 9.59 Å². The van der Waals surface area contributed by atoms with Gasteiger partial charge < -0.3 is 10.1 Å². The Morgan fingerprint density at radius 2 is 1.68 bits per heavy atom. The summed E-state index contributed by atoms with van der Waals surface area (Å²) in [5.74, 6) is -1.18. The SMILES string of the molecule is CC[S@@](=O)c1ccccc1C(=O)O[C@@H](C)C(=O)NC(=O)NCc1ccccc1. The second-order valence-electron chi connectivity index (χ2n) is 5.84. The molecule has 0 unspecified atom stereocenters. The predicted octanol–water partition coefficient (Wildman–Crippen LogP) is 2.39. The van der Waals surface area contributed by atoms with Crippen molar-refractivity contribution in [3.05, 3.63) is 65.7 Å². The lowest BCUT2D eigenvalue weighted by atomic mass is 10.2. The number of nitrogens with one attached hydrogen (secondary N) is 2. The maximum Gasteiger partial charge on any atom is 0.340 e. The Morgan fingerprint density at radius 1 is 1.04 bits per heavy atom. The van der Waals surface area contributed by atoms with E-state index in [9.17, 15) is 18.6 Å². The molecule has 0 fully saturated rings. The fourth-order valence-electron chi connectivity index (χ4n) is 2.30. The molecule has 3 amide bonds. The van der Waals surface area contributed by atoms with Crippen molar-refractivity contribution in [2.45, 2.75) is 31.4 Å². The Kier molecular flexibility index (Phi) is 7.88. The second kappa shape index (κ2) is 10.4. The van der Waals surface area contributed by atoms with Crippen molar-refractivity contribution in [2.24, 2.45) is 0 Å². The zero-order valence-electron chi connectivity index (χ0n) is 15.6. The van der Waals surface area contributed by atoms with E-state index >= 15 is 0 Å².